The van der Waals surface area contributed by atoms with Crippen molar-refractivity contribution >= 4 is 11.9 Å². The molecular weight excluding hydrogens is 684 g/mol. The molecule has 0 bridgehead atoms. The number of aliphatic hydroxyl groups is 2. The van der Waals surface area contributed by atoms with Crippen LogP contribution in [0.15, 0.2) is 91.0 Å². The molecule has 0 aromatic heterocycles. The first-order chi connectivity index (χ1) is 26.0. The van der Waals surface area contributed by atoms with E-state index >= 15 is 0 Å². The van der Waals surface area contributed by atoms with Gasteiger partial charge in [-0.2, -0.15) is 0 Å². The first-order valence-corrected chi connectivity index (χ1v) is 18.4. The number of hydrogen-bond acceptors (Lipinski definition) is 12. The Morgan fingerprint density at radius 1 is 0.642 bits per heavy atom. The average Bonchev–Trinajstić information content (AvgIpc) is 3.69. The molecule has 288 valence electrons. The Labute approximate surface area is 311 Å². The number of benzene rings is 3. The Kier molecular flexibility index (Phi) is 16.7. The van der Waals surface area contributed by atoms with Gasteiger partial charge in [-0.3, -0.25) is 4.79 Å². The maximum atomic E-state index is 13.4. The lowest BCUT2D eigenvalue weighted by molar-refractivity contribution is -0.207. The molecule has 2 fully saturated rings. The van der Waals surface area contributed by atoms with E-state index in [1.54, 1.807) is 24.3 Å². The molecule has 0 saturated carbocycles. The molecule has 2 saturated heterocycles. The number of esters is 2. The number of carbonyl (C=O) groups is 2. The van der Waals surface area contributed by atoms with Crippen LogP contribution in [0.5, 0.6) is 0 Å². The molecule has 0 amide bonds. The number of hydrogen-bond donors (Lipinski definition) is 2. The number of aliphatic hydroxyl groups excluding tert-OH is 2. The first kappa shape index (κ1) is 40.5. The summed E-state index contributed by atoms with van der Waals surface area (Å²) < 4.78 is 47.8. The number of rotatable bonds is 22. The zero-order valence-electron chi connectivity index (χ0n) is 30.2. The lowest BCUT2D eigenvalue weighted by Gasteiger charge is -2.25. The monoisotopic (exact) mass is 736 g/mol. The quantitative estimate of drug-likeness (QED) is 0.104. The molecule has 0 aliphatic carbocycles. The topological polar surface area (TPSA) is 148 Å². The Hall–Kier alpha value is -3.72. The minimum Gasteiger partial charge on any atom is -0.469 e. The maximum Gasteiger partial charge on any atom is 0.338 e. The Balaban J connectivity index is 1.23. The largest absolute Gasteiger partial charge is 0.469 e. The van der Waals surface area contributed by atoms with Crippen LogP contribution in [-0.4, -0.2) is 98.3 Å². The van der Waals surface area contributed by atoms with Crippen LogP contribution in [0.1, 0.15) is 66.4 Å². The van der Waals surface area contributed by atoms with E-state index in [2.05, 4.69) is 0 Å². The van der Waals surface area contributed by atoms with Gasteiger partial charge in [0.2, 0.25) is 0 Å². The molecule has 0 radical (unpaired) electrons. The van der Waals surface area contributed by atoms with Crippen LogP contribution < -0.4 is 0 Å². The first-order valence-electron chi connectivity index (χ1n) is 18.4. The highest BCUT2D eigenvalue weighted by molar-refractivity contribution is 5.89. The van der Waals surface area contributed by atoms with Crippen LogP contribution in [0.3, 0.4) is 0 Å². The van der Waals surface area contributed by atoms with Crippen molar-refractivity contribution in [2.75, 3.05) is 26.9 Å². The second-order valence-electron chi connectivity index (χ2n) is 13.2. The van der Waals surface area contributed by atoms with Crippen molar-refractivity contribution in [2.24, 2.45) is 0 Å². The van der Waals surface area contributed by atoms with Crippen LogP contribution in [0.4, 0.5) is 0 Å². The van der Waals surface area contributed by atoms with E-state index in [1.165, 1.54) is 7.11 Å². The van der Waals surface area contributed by atoms with Crippen LogP contribution in [-0.2, 0) is 55.9 Å². The molecule has 3 aromatic rings. The van der Waals surface area contributed by atoms with Gasteiger partial charge in [0.05, 0.1) is 39.1 Å². The van der Waals surface area contributed by atoms with Gasteiger partial charge in [0, 0.05) is 13.0 Å². The fourth-order valence-corrected chi connectivity index (χ4v) is 6.35. The lowest BCUT2D eigenvalue weighted by Crippen LogP contribution is -2.42. The predicted octanol–water partition coefficient (Wildman–Crippen LogP) is 5.12. The van der Waals surface area contributed by atoms with Crippen LogP contribution in [0.25, 0.3) is 0 Å². The number of carbonyl (C=O) groups excluding carboxylic acids is 2. The Morgan fingerprint density at radius 3 is 1.83 bits per heavy atom. The lowest BCUT2D eigenvalue weighted by atomic mass is 10.1. The summed E-state index contributed by atoms with van der Waals surface area (Å²) in [7, 11) is 1.40. The maximum absolute atomic E-state index is 13.4. The van der Waals surface area contributed by atoms with E-state index < -0.39 is 55.2 Å². The van der Waals surface area contributed by atoms with E-state index in [9.17, 15) is 19.8 Å². The molecule has 3 aromatic carbocycles. The second kappa shape index (κ2) is 21.9. The third kappa shape index (κ3) is 12.4. The van der Waals surface area contributed by atoms with Gasteiger partial charge < -0.3 is 48.1 Å². The van der Waals surface area contributed by atoms with Crippen molar-refractivity contribution in [3.63, 3.8) is 0 Å². The van der Waals surface area contributed by atoms with Gasteiger partial charge >= 0.3 is 11.9 Å². The highest BCUT2D eigenvalue weighted by atomic mass is 16.8. The summed E-state index contributed by atoms with van der Waals surface area (Å²) in [6.45, 7) is 0.307. The molecule has 2 heterocycles. The standard InChI is InChI=1S/C41H52O12/c1-46-34(43)23-15-4-2-3-5-16-24-47-41-38(53-39(45)31-21-13-8-14-22-31)37(49-27-30-19-11-7-12-20-30)33(52-41)28-50-40-35(44)36(32(25-42)51-40)48-26-29-17-9-6-10-18-29/h6-14,17-22,32-33,35-38,40-42,44H,2-5,15-16,23-28H2,1H3/t32-,33-,35+,36-,37-,38+,40+,41+/m1/s1. The molecule has 12 nitrogen and oxygen atoms in total. The normalized spacial score (nSPS) is 25.3. The van der Waals surface area contributed by atoms with E-state index in [0.717, 1.165) is 49.7 Å². The fourth-order valence-electron chi connectivity index (χ4n) is 6.35. The van der Waals surface area contributed by atoms with Crippen molar-refractivity contribution < 1.29 is 57.7 Å². The van der Waals surface area contributed by atoms with E-state index in [4.69, 9.17) is 37.9 Å². The molecule has 2 aliphatic heterocycles. The minimum absolute atomic E-state index is 0.102. The van der Waals surface area contributed by atoms with Crippen molar-refractivity contribution in [3.05, 3.63) is 108 Å². The van der Waals surface area contributed by atoms with Gasteiger partial charge in [-0.05, 0) is 36.1 Å². The van der Waals surface area contributed by atoms with Crippen molar-refractivity contribution in [2.45, 2.75) is 107 Å². The predicted molar refractivity (Wildman–Crippen MR) is 192 cm³/mol. The molecule has 2 N–H and O–H groups in total. The van der Waals surface area contributed by atoms with Crippen molar-refractivity contribution in [3.8, 4) is 0 Å². The molecule has 0 unspecified atom stereocenters. The molecule has 2 aliphatic rings. The third-order valence-electron chi connectivity index (χ3n) is 9.27. The highest BCUT2D eigenvalue weighted by Crippen LogP contribution is 2.32. The zero-order valence-corrected chi connectivity index (χ0v) is 30.2. The summed E-state index contributed by atoms with van der Waals surface area (Å²) in [5.41, 5.74) is 2.20. The third-order valence-corrected chi connectivity index (χ3v) is 9.27. The minimum atomic E-state index is -1.19. The van der Waals surface area contributed by atoms with Crippen LogP contribution >= 0.6 is 0 Å². The van der Waals surface area contributed by atoms with E-state index in [-0.39, 0.29) is 32.4 Å². The number of methoxy groups -OCH3 is 1. The number of unbranched alkanes of at least 4 members (excludes halogenated alkanes) is 5. The fraction of sp³-hybridized carbons (Fsp3) is 0.512. The summed E-state index contributed by atoms with van der Waals surface area (Å²) in [5.74, 6) is -0.737. The number of ether oxygens (including phenoxy) is 8. The molecule has 8 atom stereocenters. The van der Waals surface area contributed by atoms with E-state index in [1.807, 2.05) is 66.7 Å². The smallest absolute Gasteiger partial charge is 0.338 e. The molecular formula is C41H52O12. The van der Waals surface area contributed by atoms with Gasteiger partial charge in [-0.1, -0.05) is 105 Å². The molecule has 0 spiro atoms. The van der Waals surface area contributed by atoms with Gasteiger partial charge in [0.15, 0.2) is 18.7 Å². The molecule has 53 heavy (non-hydrogen) atoms. The summed E-state index contributed by atoms with van der Waals surface area (Å²) in [6.07, 6.45) is -1.63. The van der Waals surface area contributed by atoms with Crippen LogP contribution in [0, 0.1) is 0 Å². The summed E-state index contributed by atoms with van der Waals surface area (Å²) in [5, 5.41) is 21.2. The zero-order chi connectivity index (χ0) is 37.3. The Morgan fingerprint density at radius 2 is 1.21 bits per heavy atom. The summed E-state index contributed by atoms with van der Waals surface area (Å²) in [4.78, 5) is 24.7. The highest BCUT2D eigenvalue weighted by Gasteiger charge is 2.51. The summed E-state index contributed by atoms with van der Waals surface area (Å²) in [6, 6.07) is 27.8. The molecule has 5 rings (SSSR count). The van der Waals surface area contributed by atoms with Crippen molar-refractivity contribution in [1.29, 1.82) is 0 Å². The van der Waals surface area contributed by atoms with E-state index in [0.29, 0.717) is 18.6 Å². The summed E-state index contributed by atoms with van der Waals surface area (Å²) >= 11 is 0. The second-order valence-corrected chi connectivity index (χ2v) is 13.2. The Bertz CT molecular complexity index is 1480. The van der Waals surface area contributed by atoms with Gasteiger partial charge in [-0.25, -0.2) is 4.79 Å². The molecule has 12 heteroatoms. The van der Waals surface area contributed by atoms with Gasteiger partial charge in [0.1, 0.15) is 30.5 Å². The average molecular weight is 737 g/mol. The van der Waals surface area contributed by atoms with Crippen molar-refractivity contribution in [1.82, 2.24) is 0 Å². The van der Waals surface area contributed by atoms with Crippen LogP contribution in [0.2, 0.25) is 0 Å². The SMILES string of the molecule is COC(=O)CCCCCCCCO[C@H]1O[C@H](CO[C@H]2O[C@H](CO)[C@@H](OCc3ccccc3)[C@@H]2O)[C@@H](OCc2ccccc2)[C@@H]1OC(=O)c1ccccc1. The van der Waals surface area contributed by atoms with Gasteiger partial charge in [-0.15, -0.1) is 0 Å². The van der Waals surface area contributed by atoms with Gasteiger partial charge in [0.25, 0.3) is 0 Å².